The predicted octanol–water partition coefficient (Wildman–Crippen LogP) is 4.58. The van der Waals surface area contributed by atoms with E-state index in [4.69, 9.17) is 10.00 Å². The van der Waals surface area contributed by atoms with Crippen LogP contribution in [-0.4, -0.2) is 0 Å². The molecule has 0 aliphatic heterocycles. The van der Waals surface area contributed by atoms with Crippen LogP contribution in [0.15, 0.2) is 30.3 Å². The number of nitrogens with zero attached hydrogens (tertiary/aromatic N) is 1. The van der Waals surface area contributed by atoms with Crippen LogP contribution in [-0.2, 0) is 0 Å². The quantitative estimate of drug-likeness (QED) is 0.782. The van der Waals surface area contributed by atoms with Crippen molar-refractivity contribution >= 4 is 0 Å². The van der Waals surface area contributed by atoms with Crippen molar-refractivity contribution < 1.29 is 4.74 Å². The van der Waals surface area contributed by atoms with E-state index in [1.807, 2.05) is 39.0 Å². The standard InChI is InChI=1S/C17H17NO/c1-11-8-13(3)14(4)16(9-11)19-17-12(2)6-5-7-15(17)10-18/h5-9H,1-4H3. The molecule has 0 N–H and O–H groups in total. The number of rotatable bonds is 2. The molecular formula is C17H17NO. The molecule has 2 aromatic carbocycles. The number of hydrogen-bond donors (Lipinski definition) is 0. The molecule has 0 fully saturated rings. The average molecular weight is 251 g/mol. The Bertz CT molecular complexity index is 666. The summed E-state index contributed by atoms with van der Waals surface area (Å²) in [5.74, 6) is 1.47. The molecule has 0 aromatic heterocycles. The molecule has 0 atom stereocenters. The third kappa shape index (κ3) is 2.61. The predicted molar refractivity (Wildman–Crippen MR) is 76.6 cm³/mol. The summed E-state index contributed by atoms with van der Waals surface area (Å²) < 4.78 is 6.00. The first-order valence-corrected chi connectivity index (χ1v) is 6.28. The largest absolute Gasteiger partial charge is 0.455 e. The highest BCUT2D eigenvalue weighted by atomic mass is 16.5. The molecule has 96 valence electrons. The Balaban J connectivity index is 2.51. The fourth-order valence-electron chi connectivity index (χ4n) is 2.09. The molecule has 0 aliphatic rings. The summed E-state index contributed by atoms with van der Waals surface area (Å²) in [6.07, 6.45) is 0. The molecule has 0 amide bonds. The lowest BCUT2D eigenvalue weighted by Crippen LogP contribution is -1.95. The van der Waals surface area contributed by atoms with Gasteiger partial charge in [0.15, 0.2) is 0 Å². The molecule has 2 rings (SSSR count). The lowest BCUT2D eigenvalue weighted by Gasteiger charge is -2.14. The highest BCUT2D eigenvalue weighted by Crippen LogP contribution is 2.32. The molecule has 0 saturated carbocycles. The SMILES string of the molecule is Cc1cc(C)c(C)c(Oc2c(C)cccc2C#N)c1. The molecule has 0 aliphatic carbocycles. The highest BCUT2D eigenvalue weighted by molar-refractivity contribution is 5.52. The van der Waals surface area contributed by atoms with Crippen LogP contribution in [0.4, 0.5) is 0 Å². The van der Waals surface area contributed by atoms with Gasteiger partial charge in [0.05, 0.1) is 5.56 Å². The zero-order chi connectivity index (χ0) is 14.0. The van der Waals surface area contributed by atoms with Crippen molar-refractivity contribution in [1.29, 1.82) is 5.26 Å². The number of para-hydroxylation sites is 1. The van der Waals surface area contributed by atoms with Crippen LogP contribution in [0.25, 0.3) is 0 Å². The van der Waals surface area contributed by atoms with Crippen molar-refractivity contribution in [3.63, 3.8) is 0 Å². The molecule has 0 saturated heterocycles. The number of benzene rings is 2. The summed E-state index contributed by atoms with van der Waals surface area (Å²) in [7, 11) is 0. The second-order valence-electron chi connectivity index (χ2n) is 4.87. The van der Waals surface area contributed by atoms with Gasteiger partial charge in [-0.25, -0.2) is 0 Å². The van der Waals surface area contributed by atoms with Crippen LogP contribution in [0.3, 0.4) is 0 Å². The Hall–Kier alpha value is -2.27. The number of ether oxygens (including phenoxy) is 1. The lowest BCUT2D eigenvalue weighted by atomic mass is 10.1. The van der Waals surface area contributed by atoms with E-state index >= 15 is 0 Å². The molecule has 2 nitrogen and oxygen atoms in total. The Morgan fingerprint density at radius 2 is 1.74 bits per heavy atom. The van der Waals surface area contributed by atoms with Crippen LogP contribution < -0.4 is 4.74 Å². The van der Waals surface area contributed by atoms with Gasteiger partial charge in [-0.3, -0.25) is 0 Å². The minimum atomic E-state index is 0.568. The maximum absolute atomic E-state index is 9.17. The fraction of sp³-hybridized carbons (Fsp3) is 0.235. The van der Waals surface area contributed by atoms with Crippen LogP contribution >= 0.6 is 0 Å². The van der Waals surface area contributed by atoms with Gasteiger partial charge in [0.2, 0.25) is 0 Å². The van der Waals surface area contributed by atoms with Gasteiger partial charge in [-0.15, -0.1) is 0 Å². The molecule has 0 heterocycles. The second kappa shape index (κ2) is 5.16. The molecule has 0 radical (unpaired) electrons. The van der Waals surface area contributed by atoms with Gasteiger partial charge >= 0.3 is 0 Å². The maximum atomic E-state index is 9.17. The van der Waals surface area contributed by atoms with E-state index in [0.29, 0.717) is 11.3 Å². The van der Waals surface area contributed by atoms with Crippen LogP contribution in [0.1, 0.15) is 27.8 Å². The van der Waals surface area contributed by atoms with Crippen molar-refractivity contribution in [2.24, 2.45) is 0 Å². The minimum absolute atomic E-state index is 0.568. The second-order valence-corrected chi connectivity index (χ2v) is 4.87. The summed E-state index contributed by atoms with van der Waals surface area (Å²) in [5.41, 5.74) is 5.00. The smallest absolute Gasteiger partial charge is 0.148 e. The van der Waals surface area contributed by atoms with Crippen LogP contribution in [0.2, 0.25) is 0 Å². The Labute approximate surface area is 114 Å². The molecule has 19 heavy (non-hydrogen) atoms. The summed E-state index contributed by atoms with van der Waals surface area (Å²) in [6, 6.07) is 11.9. The van der Waals surface area contributed by atoms with Gasteiger partial charge in [0.25, 0.3) is 0 Å². The Morgan fingerprint density at radius 3 is 2.42 bits per heavy atom. The highest BCUT2D eigenvalue weighted by Gasteiger charge is 2.11. The van der Waals surface area contributed by atoms with E-state index in [2.05, 4.69) is 19.1 Å². The van der Waals surface area contributed by atoms with Gasteiger partial charge < -0.3 is 4.74 Å². The van der Waals surface area contributed by atoms with Crippen LogP contribution in [0.5, 0.6) is 11.5 Å². The average Bonchev–Trinajstić information content (AvgIpc) is 2.37. The van der Waals surface area contributed by atoms with E-state index in [0.717, 1.165) is 22.4 Å². The monoisotopic (exact) mass is 251 g/mol. The van der Waals surface area contributed by atoms with Gasteiger partial charge in [0, 0.05) is 0 Å². The summed E-state index contributed by atoms with van der Waals surface area (Å²) in [5, 5.41) is 9.17. The third-order valence-electron chi connectivity index (χ3n) is 3.31. The van der Waals surface area contributed by atoms with E-state index in [9.17, 15) is 0 Å². The fourth-order valence-corrected chi connectivity index (χ4v) is 2.09. The lowest BCUT2D eigenvalue weighted by molar-refractivity contribution is 0.472. The summed E-state index contributed by atoms with van der Waals surface area (Å²) in [6.45, 7) is 8.10. The normalized spacial score (nSPS) is 10.1. The van der Waals surface area contributed by atoms with Gasteiger partial charge in [0.1, 0.15) is 17.6 Å². The number of aryl methyl sites for hydroxylation is 3. The topological polar surface area (TPSA) is 33.0 Å². The number of hydrogen-bond acceptors (Lipinski definition) is 2. The first-order chi connectivity index (χ1) is 9.02. The van der Waals surface area contributed by atoms with Gasteiger partial charge in [-0.2, -0.15) is 5.26 Å². The van der Waals surface area contributed by atoms with Crippen molar-refractivity contribution in [1.82, 2.24) is 0 Å². The van der Waals surface area contributed by atoms with Gasteiger partial charge in [-0.1, -0.05) is 18.2 Å². The van der Waals surface area contributed by atoms with Crippen molar-refractivity contribution in [2.45, 2.75) is 27.7 Å². The molecular weight excluding hydrogens is 234 g/mol. The zero-order valence-corrected chi connectivity index (χ0v) is 11.7. The van der Waals surface area contributed by atoms with E-state index in [1.54, 1.807) is 6.07 Å². The van der Waals surface area contributed by atoms with Crippen LogP contribution in [0, 0.1) is 39.0 Å². The molecule has 2 aromatic rings. The van der Waals surface area contributed by atoms with Crippen molar-refractivity contribution in [3.8, 4) is 17.6 Å². The Morgan fingerprint density at radius 1 is 1.00 bits per heavy atom. The summed E-state index contributed by atoms with van der Waals surface area (Å²) >= 11 is 0. The molecule has 2 heteroatoms. The summed E-state index contributed by atoms with van der Waals surface area (Å²) in [4.78, 5) is 0. The Kier molecular flexibility index (Phi) is 3.57. The first-order valence-electron chi connectivity index (χ1n) is 6.28. The minimum Gasteiger partial charge on any atom is -0.455 e. The van der Waals surface area contributed by atoms with E-state index in [1.165, 1.54) is 5.56 Å². The first kappa shape index (κ1) is 13.2. The number of nitriles is 1. The molecule has 0 bridgehead atoms. The van der Waals surface area contributed by atoms with E-state index in [-0.39, 0.29) is 0 Å². The zero-order valence-electron chi connectivity index (χ0n) is 11.7. The van der Waals surface area contributed by atoms with Gasteiger partial charge in [-0.05, 0) is 62.1 Å². The molecule has 0 spiro atoms. The van der Waals surface area contributed by atoms with E-state index < -0.39 is 0 Å². The third-order valence-corrected chi connectivity index (χ3v) is 3.31. The van der Waals surface area contributed by atoms with Crippen molar-refractivity contribution in [3.05, 3.63) is 58.1 Å². The maximum Gasteiger partial charge on any atom is 0.148 e. The molecule has 0 unspecified atom stereocenters. The van der Waals surface area contributed by atoms with Crippen molar-refractivity contribution in [2.75, 3.05) is 0 Å².